The predicted molar refractivity (Wildman–Crippen MR) is 207 cm³/mol. The molecule has 0 saturated carbocycles. The van der Waals surface area contributed by atoms with Gasteiger partial charge in [0.05, 0.1) is 31.9 Å². The van der Waals surface area contributed by atoms with E-state index in [9.17, 15) is 18.8 Å². The zero-order valence-electron chi connectivity index (χ0n) is 31.7. The van der Waals surface area contributed by atoms with Crippen molar-refractivity contribution >= 4 is 17.5 Å². The molecule has 0 aliphatic rings. The minimum Gasteiger partial charge on any atom is -0.489 e. The zero-order chi connectivity index (χ0) is 39.4. The average molecular weight is 756 g/mol. The molecular weight excluding hydrogens is 704 g/mol. The molecule has 1 atom stereocenters. The first-order chi connectivity index (χ1) is 26.7. The Morgan fingerprint density at radius 1 is 0.836 bits per heavy atom. The van der Waals surface area contributed by atoms with Crippen LogP contribution in [0.4, 0.5) is 8.78 Å². The van der Waals surface area contributed by atoms with Gasteiger partial charge in [0, 0.05) is 44.6 Å². The zero-order valence-corrected chi connectivity index (χ0v) is 31.7. The van der Waals surface area contributed by atoms with Gasteiger partial charge in [0.1, 0.15) is 29.7 Å². The van der Waals surface area contributed by atoms with Gasteiger partial charge in [-0.1, -0.05) is 78.9 Å². The second kappa shape index (κ2) is 23.0. The molecule has 292 valence electrons. The van der Waals surface area contributed by atoms with Crippen LogP contribution < -0.4 is 4.74 Å². The van der Waals surface area contributed by atoms with Gasteiger partial charge in [0.15, 0.2) is 6.29 Å². The smallest absolute Gasteiger partial charge is 0.226 e. The molecule has 1 aromatic heterocycles. The Kier molecular flexibility index (Phi) is 17.8. The largest absolute Gasteiger partial charge is 0.489 e. The van der Waals surface area contributed by atoms with Crippen molar-refractivity contribution in [2.75, 3.05) is 39.4 Å². The second-order valence-electron chi connectivity index (χ2n) is 13.2. The molecule has 4 rings (SSSR count). The number of benzene rings is 3. The number of rotatable bonds is 25. The summed E-state index contributed by atoms with van der Waals surface area (Å²) in [6.45, 7) is 8.29. The van der Waals surface area contributed by atoms with E-state index in [1.807, 2.05) is 60.7 Å². The average Bonchev–Trinajstić information content (AvgIpc) is 3.17. The van der Waals surface area contributed by atoms with Crippen molar-refractivity contribution in [1.29, 1.82) is 0 Å². The SMILES string of the molecule is C=CCN(CC(=O)CCc1ccccc1)CC(=O)C[C@@H](Cc1ccc(OCc2ccccc2)cc1F)C(=O)N(Cc1cccc(F)n1)CC(OCC)OCC. The fourth-order valence-corrected chi connectivity index (χ4v) is 6.18. The van der Waals surface area contributed by atoms with Crippen molar-refractivity contribution in [3.05, 3.63) is 144 Å². The standard InChI is InChI=1S/C44H51F2N3O6/c1-4-24-48(29-38(50)22-20-33-14-9-7-10-15-33)30-39(51)26-36(25-35-21-23-40(27-41(35)45)55-32-34-16-11-8-12-17-34)44(52)49(31-43(53-5-2)54-6-3)28-37-18-13-19-42(46)47-37/h4,7-19,21,23,27,36,43H,1,5-6,20,22,24-26,28-32H2,2-3H3/t36-/m1/s1. The van der Waals surface area contributed by atoms with Crippen LogP contribution in [0.2, 0.25) is 0 Å². The highest BCUT2D eigenvalue weighted by atomic mass is 19.1. The molecule has 3 aromatic carbocycles. The highest BCUT2D eigenvalue weighted by Gasteiger charge is 2.31. The van der Waals surface area contributed by atoms with Crippen molar-refractivity contribution in [2.24, 2.45) is 5.92 Å². The molecule has 0 unspecified atom stereocenters. The number of carbonyl (C=O) groups excluding carboxylic acids is 3. The van der Waals surface area contributed by atoms with E-state index in [0.717, 1.165) is 11.1 Å². The number of hydrogen-bond acceptors (Lipinski definition) is 8. The van der Waals surface area contributed by atoms with Crippen molar-refractivity contribution in [3.8, 4) is 5.75 Å². The summed E-state index contributed by atoms with van der Waals surface area (Å²) in [4.78, 5) is 48.4. The Morgan fingerprint density at radius 3 is 2.15 bits per heavy atom. The Bertz CT molecular complexity index is 1800. The van der Waals surface area contributed by atoms with Crippen molar-refractivity contribution in [1.82, 2.24) is 14.8 Å². The van der Waals surface area contributed by atoms with E-state index in [-0.39, 0.29) is 75.0 Å². The first-order valence-corrected chi connectivity index (χ1v) is 18.7. The van der Waals surface area contributed by atoms with Gasteiger partial charge in [-0.15, -0.1) is 6.58 Å². The number of hydrogen-bond donors (Lipinski definition) is 0. The van der Waals surface area contributed by atoms with E-state index in [2.05, 4.69) is 11.6 Å². The molecule has 1 amide bonds. The summed E-state index contributed by atoms with van der Waals surface area (Å²) < 4.78 is 47.3. The number of Topliss-reactive ketones (excluding diaryl/α,β-unsaturated/α-hetero) is 2. The van der Waals surface area contributed by atoms with Crippen LogP contribution in [0.5, 0.6) is 5.75 Å². The van der Waals surface area contributed by atoms with Crippen LogP contribution in [0.3, 0.4) is 0 Å². The van der Waals surface area contributed by atoms with Gasteiger partial charge in [-0.2, -0.15) is 4.39 Å². The third kappa shape index (κ3) is 14.9. The van der Waals surface area contributed by atoms with Gasteiger partial charge < -0.3 is 19.1 Å². The fraction of sp³-hybridized carbons (Fsp3) is 0.364. The molecule has 0 aliphatic carbocycles. The normalized spacial score (nSPS) is 11.7. The molecule has 0 spiro atoms. The van der Waals surface area contributed by atoms with Crippen LogP contribution in [-0.4, -0.2) is 77.9 Å². The number of nitrogens with zero attached hydrogens (tertiary/aromatic N) is 3. The highest BCUT2D eigenvalue weighted by molar-refractivity contribution is 5.88. The van der Waals surface area contributed by atoms with Gasteiger partial charge >= 0.3 is 0 Å². The van der Waals surface area contributed by atoms with E-state index >= 15 is 4.39 Å². The molecule has 0 aliphatic heterocycles. The van der Waals surface area contributed by atoms with Gasteiger partial charge in [-0.25, -0.2) is 9.37 Å². The topological polar surface area (TPSA) is 98.3 Å². The number of amides is 1. The predicted octanol–water partition coefficient (Wildman–Crippen LogP) is 7.17. The summed E-state index contributed by atoms with van der Waals surface area (Å²) in [5.74, 6) is -2.84. The first-order valence-electron chi connectivity index (χ1n) is 18.7. The van der Waals surface area contributed by atoms with Crippen LogP contribution in [0.1, 0.15) is 49.1 Å². The molecule has 9 nitrogen and oxygen atoms in total. The fourth-order valence-electron chi connectivity index (χ4n) is 6.18. The summed E-state index contributed by atoms with van der Waals surface area (Å²) in [5, 5.41) is 0. The maximum atomic E-state index is 15.8. The Labute approximate surface area is 322 Å². The number of ketones is 2. The van der Waals surface area contributed by atoms with E-state index in [1.54, 1.807) is 43.0 Å². The highest BCUT2D eigenvalue weighted by Crippen LogP contribution is 2.24. The maximum absolute atomic E-state index is 15.8. The van der Waals surface area contributed by atoms with Crippen LogP contribution >= 0.6 is 0 Å². The van der Waals surface area contributed by atoms with Crippen molar-refractivity contribution < 1.29 is 37.4 Å². The number of aryl methyl sites for hydroxylation is 1. The lowest BCUT2D eigenvalue weighted by atomic mass is 9.92. The molecule has 0 fully saturated rings. The molecule has 0 bridgehead atoms. The Hall–Kier alpha value is -5.10. The van der Waals surface area contributed by atoms with Gasteiger partial charge in [-0.05, 0) is 61.6 Å². The molecule has 0 N–H and O–H groups in total. The summed E-state index contributed by atoms with van der Waals surface area (Å²) in [6, 6.07) is 27.9. The molecule has 55 heavy (non-hydrogen) atoms. The Balaban J connectivity index is 1.57. The van der Waals surface area contributed by atoms with Crippen molar-refractivity contribution in [3.63, 3.8) is 0 Å². The lowest BCUT2D eigenvalue weighted by Gasteiger charge is -2.31. The van der Waals surface area contributed by atoms with Gasteiger partial charge in [0.25, 0.3) is 0 Å². The molecular formula is C44H51F2N3O6. The van der Waals surface area contributed by atoms with Crippen LogP contribution in [0, 0.1) is 17.7 Å². The van der Waals surface area contributed by atoms with Gasteiger partial charge in [0.2, 0.25) is 11.9 Å². The van der Waals surface area contributed by atoms with Crippen LogP contribution in [0.25, 0.3) is 0 Å². The number of pyridine rings is 1. The maximum Gasteiger partial charge on any atom is 0.226 e. The molecule has 0 radical (unpaired) electrons. The van der Waals surface area contributed by atoms with Gasteiger partial charge in [-0.3, -0.25) is 19.3 Å². The number of carbonyl (C=O) groups is 3. The van der Waals surface area contributed by atoms with Crippen LogP contribution in [0.15, 0.2) is 110 Å². The third-order valence-corrected chi connectivity index (χ3v) is 8.80. The summed E-state index contributed by atoms with van der Waals surface area (Å²) >= 11 is 0. The Morgan fingerprint density at radius 2 is 1.51 bits per heavy atom. The van der Waals surface area contributed by atoms with E-state index in [1.165, 1.54) is 23.1 Å². The monoisotopic (exact) mass is 755 g/mol. The number of halogens is 2. The first kappa shape index (κ1) is 42.6. The minimum absolute atomic E-state index is 0.0318. The second-order valence-corrected chi connectivity index (χ2v) is 13.2. The van der Waals surface area contributed by atoms with Crippen molar-refractivity contribution in [2.45, 2.75) is 59.0 Å². The minimum atomic E-state index is -1.03. The third-order valence-electron chi connectivity index (χ3n) is 8.80. The number of ether oxygens (including phenoxy) is 3. The molecule has 0 saturated heterocycles. The molecule has 11 heteroatoms. The summed E-state index contributed by atoms with van der Waals surface area (Å²) in [7, 11) is 0. The van der Waals surface area contributed by atoms with E-state index in [4.69, 9.17) is 14.2 Å². The number of aromatic nitrogens is 1. The summed E-state index contributed by atoms with van der Waals surface area (Å²) in [6.07, 6.45) is 1.32. The quantitative estimate of drug-likeness (QED) is 0.0399. The van der Waals surface area contributed by atoms with E-state index in [0.29, 0.717) is 31.8 Å². The lowest BCUT2D eigenvalue weighted by molar-refractivity contribution is -0.162. The lowest BCUT2D eigenvalue weighted by Crippen LogP contribution is -2.44. The van der Waals surface area contributed by atoms with E-state index < -0.39 is 29.9 Å². The molecule has 4 aromatic rings. The molecule has 1 heterocycles. The summed E-state index contributed by atoms with van der Waals surface area (Å²) in [5.41, 5.74) is 2.46. The van der Waals surface area contributed by atoms with Crippen LogP contribution in [-0.2, 0) is 49.9 Å².